The van der Waals surface area contributed by atoms with Crippen molar-refractivity contribution in [2.24, 2.45) is 17.2 Å². The van der Waals surface area contributed by atoms with Gasteiger partial charge in [0.25, 0.3) is 0 Å². The zero-order valence-corrected chi connectivity index (χ0v) is 50.9. The molecular weight excluding hydrogens is 1180 g/mol. The number of unbranched alkanes of at least 4 members (excludes halogenated alkanes) is 3. The maximum Gasteiger partial charge on any atom is 0.246 e. The lowest BCUT2D eigenvalue weighted by Crippen LogP contribution is -2.44. The lowest BCUT2D eigenvalue weighted by molar-refractivity contribution is -0.126. The highest BCUT2D eigenvalue weighted by atomic mass is 35.5. The summed E-state index contributed by atoms with van der Waals surface area (Å²) in [5.41, 5.74) is 26.3. The number of aromatic amines is 3. The Morgan fingerprint density at radius 2 is 0.648 bits per heavy atom. The summed E-state index contributed by atoms with van der Waals surface area (Å²) >= 11 is 18.8. The van der Waals surface area contributed by atoms with Crippen molar-refractivity contribution in [1.29, 1.82) is 0 Å². The van der Waals surface area contributed by atoms with E-state index in [1.165, 1.54) is 0 Å². The van der Waals surface area contributed by atoms with Crippen molar-refractivity contribution < 1.29 is 28.8 Å². The largest absolute Gasteiger partial charge is 0.361 e. The number of rotatable bonds is 30. The fourth-order valence-corrected chi connectivity index (χ4v) is 11.5. The van der Waals surface area contributed by atoms with Crippen molar-refractivity contribution in [3.63, 3.8) is 0 Å². The van der Waals surface area contributed by atoms with Crippen LogP contribution in [0.4, 0.5) is 17.1 Å². The van der Waals surface area contributed by atoms with E-state index in [4.69, 9.17) is 52.0 Å². The van der Waals surface area contributed by atoms with Gasteiger partial charge in [-0.15, -0.1) is 0 Å². The summed E-state index contributed by atoms with van der Waals surface area (Å²) in [6, 6.07) is 36.0. The molecule has 15 N–H and O–H groups in total. The number of anilines is 3. The Kier molecular flexibility index (Phi) is 22.5. The molecule has 6 amide bonds. The maximum absolute atomic E-state index is 14.0. The van der Waals surface area contributed by atoms with E-state index in [0.717, 1.165) is 66.1 Å². The maximum atomic E-state index is 14.0. The van der Waals surface area contributed by atoms with Gasteiger partial charge in [0.2, 0.25) is 35.4 Å². The standard InChI is InChI=1S/C67H73Cl3N12O6/c68-46-16-25-55-52(34-46)43(37-74-55)31-61(83)80-58(7-1-4-28-71)65(86)77-49-19-10-40(11-20-49)64(41-12-21-50(22-13-41)78-66(87)59(8-2-5-29-72)81-62(84)32-44-38-75-56-26-17-47(69)35-53(44)56)42-14-23-51(24-15-42)79-67(88)60(9-3-6-30-73)82-63(85)33-45-39-76-57-27-18-48(70)36-54(45)57/h10-27,34-39,58-60,64,74-76H,1-9,28-33,71-73H2,(H,77,86)(H,78,87)(H,79,88)(H,80,83)(H,81,84)(H,82,85)/t58-,59-,60-/m1/s1. The number of amides is 6. The summed E-state index contributed by atoms with van der Waals surface area (Å²) in [6.45, 7) is 1.32. The number of carbonyl (C=O) groups excluding carboxylic acids is 6. The molecule has 0 spiro atoms. The third kappa shape index (κ3) is 17.2. The van der Waals surface area contributed by atoms with E-state index in [9.17, 15) is 28.8 Å². The predicted molar refractivity (Wildman–Crippen MR) is 352 cm³/mol. The molecule has 6 aromatic carbocycles. The number of halogens is 3. The van der Waals surface area contributed by atoms with Gasteiger partial charge in [0.05, 0.1) is 19.3 Å². The van der Waals surface area contributed by atoms with E-state index in [-0.39, 0.29) is 54.7 Å². The minimum absolute atomic E-state index is 0.0350. The Labute approximate surface area is 525 Å². The van der Waals surface area contributed by atoms with Gasteiger partial charge < -0.3 is 64.1 Å². The molecule has 3 aromatic heterocycles. The van der Waals surface area contributed by atoms with Crippen LogP contribution in [0.25, 0.3) is 32.7 Å². The van der Waals surface area contributed by atoms with Gasteiger partial charge in [0.15, 0.2) is 0 Å². The number of H-pyrrole nitrogens is 3. The number of hydrogen-bond donors (Lipinski definition) is 12. The lowest BCUT2D eigenvalue weighted by atomic mass is 9.85. The van der Waals surface area contributed by atoms with Crippen LogP contribution in [0.3, 0.4) is 0 Å². The van der Waals surface area contributed by atoms with E-state index < -0.39 is 24.0 Å². The number of aromatic nitrogens is 3. The van der Waals surface area contributed by atoms with Gasteiger partial charge in [0, 0.05) is 89.3 Å². The highest BCUT2D eigenvalue weighted by molar-refractivity contribution is 6.32. The van der Waals surface area contributed by atoms with Gasteiger partial charge in [-0.2, -0.15) is 0 Å². The number of hydrogen-bond acceptors (Lipinski definition) is 9. The topological polar surface area (TPSA) is 300 Å². The second-order valence-electron chi connectivity index (χ2n) is 22.0. The van der Waals surface area contributed by atoms with Crippen LogP contribution in [0.5, 0.6) is 0 Å². The first-order chi connectivity index (χ1) is 42.6. The van der Waals surface area contributed by atoms with Crippen molar-refractivity contribution in [3.05, 3.63) is 194 Å². The lowest BCUT2D eigenvalue weighted by Gasteiger charge is -2.22. The smallest absolute Gasteiger partial charge is 0.246 e. The molecule has 0 saturated carbocycles. The molecule has 0 unspecified atom stereocenters. The molecule has 18 nitrogen and oxygen atoms in total. The molecule has 0 bridgehead atoms. The third-order valence-electron chi connectivity index (χ3n) is 15.6. The molecule has 0 radical (unpaired) electrons. The minimum atomic E-state index is -0.844. The Morgan fingerprint density at radius 1 is 0.375 bits per heavy atom. The summed E-state index contributed by atoms with van der Waals surface area (Å²) in [5, 5.41) is 22.0. The van der Waals surface area contributed by atoms with Crippen LogP contribution in [-0.4, -0.2) is 88.2 Å². The molecule has 0 aliphatic heterocycles. The van der Waals surface area contributed by atoms with Crippen molar-refractivity contribution in [2.45, 2.75) is 101 Å². The number of nitrogens with one attached hydrogen (secondary N) is 9. The molecular formula is C67H73Cl3N12O6. The van der Waals surface area contributed by atoms with Crippen LogP contribution < -0.4 is 49.1 Å². The van der Waals surface area contributed by atoms with Crippen LogP contribution in [0.2, 0.25) is 15.1 Å². The fourth-order valence-electron chi connectivity index (χ4n) is 11.0. The van der Waals surface area contributed by atoms with Crippen molar-refractivity contribution in [1.82, 2.24) is 30.9 Å². The Balaban J connectivity index is 0.930. The van der Waals surface area contributed by atoms with E-state index in [1.807, 2.05) is 54.6 Å². The molecule has 88 heavy (non-hydrogen) atoms. The molecule has 0 aliphatic carbocycles. The van der Waals surface area contributed by atoms with Crippen LogP contribution >= 0.6 is 34.8 Å². The number of fused-ring (bicyclic) bond motifs is 3. The van der Waals surface area contributed by atoms with Gasteiger partial charge in [-0.3, -0.25) is 28.8 Å². The second-order valence-corrected chi connectivity index (χ2v) is 23.3. The summed E-state index contributed by atoms with van der Waals surface area (Å²) < 4.78 is 0. The number of carbonyl (C=O) groups is 6. The average Bonchev–Trinajstić information content (AvgIpc) is 3.37. The predicted octanol–water partition coefficient (Wildman–Crippen LogP) is 10.7. The van der Waals surface area contributed by atoms with E-state index in [1.54, 1.807) is 91.4 Å². The highest BCUT2D eigenvalue weighted by Crippen LogP contribution is 2.35. The molecule has 0 fully saturated rings. The molecule has 3 atom stereocenters. The van der Waals surface area contributed by atoms with Crippen molar-refractivity contribution in [3.8, 4) is 0 Å². The summed E-state index contributed by atoms with van der Waals surface area (Å²) in [5.74, 6) is -2.51. The van der Waals surface area contributed by atoms with E-state index >= 15 is 0 Å². The minimum Gasteiger partial charge on any atom is -0.361 e. The van der Waals surface area contributed by atoms with Crippen LogP contribution in [-0.2, 0) is 48.0 Å². The molecule has 458 valence electrons. The van der Waals surface area contributed by atoms with Crippen molar-refractivity contribution >= 4 is 120 Å². The number of nitrogens with two attached hydrogens (primary N) is 3. The zero-order valence-electron chi connectivity index (χ0n) is 48.6. The third-order valence-corrected chi connectivity index (χ3v) is 16.3. The quantitative estimate of drug-likeness (QED) is 0.0150. The first-order valence-corrected chi connectivity index (χ1v) is 30.8. The van der Waals surface area contributed by atoms with Gasteiger partial charge in [-0.1, -0.05) is 71.2 Å². The molecule has 3 heterocycles. The Hall–Kier alpha value is -8.49. The molecule has 0 saturated heterocycles. The van der Waals surface area contributed by atoms with Crippen molar-refractivity contribution in [2.75, 3.05) is 35.6 Å². The van der Waals surface area contributed by atoms with Crippen LogP contribution in [0, 0.1) is 0 Å². The fraction of sp³-hybridized carbons (Fsp3) is 0.284. The summed E-state index contributed by atoms with van der Waals surface area (Å²) in [4.78, 5) is 92.2. The molecule has 21 heteroatoms. The summed E-state index contributed by atoms with van der Waals surface area (Å²) in [7, 11) is 0. The van der Waals surface area contributed by atoms with Crippen LogP contribution in [0.15, 0.2) is 146 Å². The molecule has 0 aliphatic rings. The molecule has 9 aromatic rings. The first-order valence-electron chi connectivity index (χ1n) is 29.6. The highest BCUT2D eigenvalue weighted by Gasteiger charge is 2.26. The SMILES string of the molecule is NCCCC[C@@H](NC(=O)Cc1c[nH]c2ccc(Cl)cc12)C(=O)Nc1ccc(C(c2ccc(NC(=O)[C@@H](CCCCN)NC(=O)Cc3c[nH]c4ccc(Cl)cc34)cc2)c2ccc(NC(=O)[C@@H](CCCCN)NC(=O)Cc3c[nH]c4ccc(Cl)cc34)cc2)cc1. The summed E-state index contributed by atoms with van der Waals surface area (Å²) in [6.07, 6.45) is 10.4. The normalized spacial score (nSPS) is 12.4. The van der Waals surface area contributed by atoms with E-state index in [2.05, 4.69) is 46.9 Å². The first kappa shape index (κ1) is 64.0. The van der Waals surface area contributed by atoms with Gasteiger partial charge in [-0.05, 0) is 202 Å². The Morgan fingerprint density at radius 3 is 0.909 bits per heavy atom. The zero-order chi connectivity index (χ0) is 62.1. The van der Waals surface area contributed by atoms with Crippen LogP contribution in [0.1, 0.15) is 97.1 Å². The van der Waals surface area contributed by atoms with Gasteiger partial charge >= 0.3 is 0 Å². The second kappa shape index (κ2) is 30.9. The van der Waals surface area contributed by atoms with Gasteiger partial charge in [0.1, 0.15) is 18.1 Å². The monoisotopic (exact) mass is 1250 g/mol. The average molecular weight is 1250 g/mol. The molecule has 9 rings (SSSR count). The Bertz CT molecular complexity index is 3490. The van der Waals surface area contributed by atoms with Gasteiger partial charge in [-0.25, -0.2) is 0 Å². The number of benzene rings is 6. The van der Waals surface area contributed by atoms with E-state index in [0.29, 0.717) is 110 Å².